The lowest BCUT2D eigenvalue weighted by molar-refractivity contribution is -0.141. The van der Waals surface area contributed by atoms with Crippen molar-refractivity contribution in [3.05, 3.63) is 28.8 Å². The fourth-order valence-corrected chi connectivity index (χ4v) is 1.60. The van der Waals surface area contributed by atoms with E-state index in [9.17, 15) is 4.79 Å². The van der Waals surface area contributed by atoms with Crippen LogP contribution in [0.5, 0.6) is 0 Å². The van der Waals surface area contributed by atoms with Crippen molar-refractivity contribution in [3.8, 4) is 0 Å². The molecule has 0 aliphatic rings. The van der Waals surface area contributed by atoms with E-state index in [1.807, 2.05) is 32.0 Å². The average Bonchev–Trinajstić information content (AvgIpc) is 2.23. The van der Waals surface area contributed by atoms with Gasteiger partial charge in [-0.2, -0.15) is 0 Å². The lowest BCUT2D eigenvalue weighted by atomic mass is 10.1. The summed E-state index contributed by atoms with van der Waals surface area (Å²) < 4.78 is 0. The van der Waals surface area contributed by atoms with Gasteiger partial charge in [-0.15, -0.1) is 0 Å². The van der Waals surface area contributed by atoms with E-state index in [4.69, 9.17) is 16.7 Å². The Morgan fingerprint density at radius 3 is 2.81 bits per heavy atom. The molecular weight excluding hydrogens is 226 g/mol. The van der Waals surface area contributed by atoms with E-state index < -0.39 is 5.97 Å². The topological polar surface area (TPSA) is 49.3 Å². The van der Waals surface area contributed by atoms with E-state index in [2.05, 4.69) is 5.32 Å². The number of carbonyl (C=O) groups is 1. The zero-order valence-corrected chi connectivity index (χ0v) is 10.2. The molecule has 0 saturated heterocycles. The van der Waals surface area contributed by atoms with Gasteiger partial charge in [0.05, 0.1) is 5.92 Å². The Morgan fingerprint density at radius 1 is 1.56 bits per heavy atom. The number of carboxylic acids is 1. The first-order valence-corrected chi connectivity index (χ1v) is 5.65. The second-order valence-corrected chi connectivity index (χ2v) is 4.22. The molecule has 3 nitrogen and oxygen atoms in total. The Hall–Kier alpha value is -1.22. The molecule has 1 aromatic rings. The van der Waals surface area contributed by atoms with Crippen LogP contribution >= 0.6 is 11.6 Å². The predicted octanol–water partition coefficient (Wildman–Crippen LogP) is 3.17. The van der Waals surface area contributed by atoms with Crippen molar-refractivity contribution in [2.45, 2.75) is 20.3 Å². The molecule has 0 aliphatic carbocycles. The van der Waals surface area contributed by atoms with Crippen LogP contribution in [0, 0.1) is 12.8 Å². The normalized spacial score (nSPS) is 12.2. The van der Waals surface area contributed by atoms with E-state index in [-0.39, 0.29) is 5.92 Å². The molecule has 0 heterocycles. The summed E-state index contributed by atoms with van der Waals surface area (Å²) in [7, 11) is 0. The molecule has 1 atom stereocenters. The fourth-order valence-electron chi connectivity index (χ4n) is 1.42. The van der Waals surface area contributed by atoms with Gasteiger partial charge in [-0.25, -0.2) is 0 Å². The lowest BCUT2D eigenvalue weighted by Gasteiger charge is -2.14. The summed E-state index contributed by atoms with van der Waals surface area (Å²) in [6.45, 7) is 4.25. The lowest BCUT2D eigenvalue weighted by Crippen LogP contribution is -2.22. The van der Waals surface area contributed by atoms with Crippen molar-refractivity contribution in [2.75, 3.05) is 11.9 Å². The minimum atomic E-state index is -0.769. The van der Waals surface area contributed by atoms with Crippen molar-refractivity contribution in [1.29, 1.82) is 0 Å². The van der Waals surface area contributed by atoms with E-state index in [1.165, 1.54) is 0 Å². The zero-order valence-electron chi connectivity index (χ0n) is 9.46. The Labute approximate surface area is 100 Å². The number of hydrogen-bond donors (Lipinski definition) is 2. The van der Waals surface area contributed by atoms with E-state index >= 15 is 0 Å². The van der Waals surface area contributed by atoms with Crippen molar-refractivity contribution in [2.24, 2.45) is 5.92 Å². The van der Waals surface area contributed by atoms with Gasteiger partial charge in [0.1, 0.15) is 0 Å². The molecule has 1 unspecified atom stereocenters. The third kappa shape index (κ3) is 3.42. The summed E-state index contributed by atoms with van der Waals surface area (Å²) in [4.78, 5) is 10.8. The van der Waals surface area contributed by atoms with Crippen LogP contribution in [0.4, 0.5) is 5.69 Å². The summed E-state index contributed by atoms with van der Waals surface area (Å²) in [5.74, 6) is -1.13. The molecule has 88 valence electrons. The highest BCUT2D eigenvalue weighted by Crippen LogP contribution is 2.20. The van der Waals surface area contributed by atoms with Gasteiger partial charge in [-0.1, -0.05) is 24.6 Å². The monoisotopic (exact) mass is 241 g/mol. The largest absolute Gasteiger partial charge is 0.481 e. The van der Waals surface area contributed by atoms with Gasteiger partial charge < -0.3 is 10.4 Å². The van der Waals surface area contributed by atoms with E-state index in [0.29, 0.717) is 18.0 Å². The Bertz CT molecular complexity index is 379. The molecule has 16 heavy (non-hydrogen) atoms. The molecule has 0 aromatic heterocycles. The third-order valence-electron chi connectivity index (χ3n) is 2.58. The molecule has 0 aliphatic heterocycles. The quantitative estimate of drug-likeness (QED) is 0.833. The van der Waals surface area contributed by atoms with Gasteiger partial charge in [0.2, 0.25) is 0 Å². The van der Waals surface area contributed by atoms with Crippen LogP contribution in [0.3, 0.4) is 0 Å². The van der Waals surface area contributed by atoms with Gasteiger partial charge in [0.15, 0.2) is 0 Å². The number of rotatable bonds is 5. The summed E-state index contributed by atoms with van der Waals surface area (Å²) in [6.07, 6.45) is 0.613. The Kier molecular flexibility index (Phi) is 4.62. The van der Waals surface area contributed by atoms with Gasteiger partial charge in [0, 0.05) is 17.3 Å². The first kappa shape index (κ1) is 12.8. The maximum absolute atomic E-state index is 10.8. The molecule has 1 aromatic carbocycles. The smallest absolute Gasteiger partial charge is 0.308 e. The average molecular weight is 242 g/mol. The Balaban J connectivity index is 2.66. The molecule has 4 heteroatoms. The van der Waals surface area contributed by atoms with Crippen LogP contribution < -0.4 is 5.32 Å². The molecule has 2 N–H and O–H groups in total. The van der Waals surface area contributed by atoms with Crippen molar-refractivity contribution >= 4 is 23.3 Å². The van der Waals surface area contributed by atoms with Crippen molar-refractivity contribution < 1.29 is 9.90 Å². The van der Waals surface area contributed by atoms with Crippen molar-refractivity contribution in [3.63, 3.8) is 0 Å². The van der Waals surface area contributed by atoms with Gasteiger partial charge in [-0.05, 0) is 31.0 Å². The Morgan fingerprint density at radius 2 is 2.25 bits per heavy atom. The highest BCUT2D eigenvalue weighted by atomic mass is 35.5. The first-order chi connectivity index (χ1) is 7.54. The molecule has 0 saturated carbocycles. The predicted molar refractivity (Wildman–Crippen MR) is 66.1 cm³/mol. The summed E-state index contributed by atoms with van der Waals surface area (Å²) in [5, 5.41) is 12.7. The molecule has 1 rings (SSSR count). The number of carboxylic acid groups (broad SMARTS) is 1. The molecule has 0 spiro atoms. The SMILES string of the molecule is CCC(CNc1cc(Cl)ccc1C)C(=O)O. The summed E-state index contributed by atoms with van der Waals surface area (Å²) in [5.41, 5.74) is 1.96. The molecule has 0 amide bonds. The second-order valence-electron chi connectivity index (χ2n) is 3.78. The van der Waals surface area contributed by atoms with Crippen LogP contribution in [0.25, 0.3) is 0 Å². The highest BCUT2D eigenvalue weighted by Gasteiger charge is 2.14. The van der Waals surface area contributed by atoms with Gasteiger partial charge in [0.25, 0.3) is 0 Å². The standard InChI is InChI=1S/C12H16ClNO2/c1-3-9(12(15)16)7-14-11-6-10(13)5-4-8(11)2/h4-6,9,14H,3,7H2,1-2H3,(H,15,16). The molecule has 0 radical (unpaired) electrons. The second kappa shape index (κ2) is 5.75. The third-order valence-corrected chi connectivity index (χ3v) is 2.82. The maximum Gasteiger partial charge on any atom is 0.308 e. The number of nitrogens with one attached hydrogen (secondary N) is 1. The summed E-state index contributed by atoms with van der Waals surface area (Å²) in [6, 6.07) is 5.54. The number of hydrogen-bond acceptors (Lipinski definition) is 2. The number of benzene rings is 1. The van der Waals surface area contributed by atoms with Crippen LogP contribution in [0.15, 0.2) is 18.2 Å². The molecule has 0 fully saturated rings. The number of halogens is 1. The van der Waals surface area contributed by atoms with Crippen LogP contribution in [0.1, 0.15) is 18.9 Å². The van der Waals surface area contributed by atoms with Gasteiger partial charge >= 0.3 is 5.97 Å². The van der Waals surface area contributed by atoms with E-state index in [1.54, 1.807) is 0 Å². The number of anilines is 1. The minimum absolute atomic E-state index is 0.363. The zero-order chi connectivity index (χ0) is 12.1. The van der Waals surface area contributed by atoms with Gasteiger partial charge in [-0.3, -0.25) is 4.79 Å². The van der Waals surface area contributed by atoms with Crippen LogP contribution in [0.2, 0.25) is 5.02 Å². The molecule has 0 bridgehead atoms. The van der Waals surface area contributed by atoms with Crippen molar-refractivity contribution in [1.82, 2.24) is 0 Å². The minimum Gasteiger partial charge on any atom is -0.481 e. The number of aryl methyl sites for hydroxylation is 1. The van der Waals surface area contributed by atoms with E-state index in [0.717, 1.165) is 11.3 Å². The fraction of sp³-hybridized carbons (Fsp3) is 0.417. The first-order valence-electron chi connectivity index (χ1n) is 5.27. The maximum atomic E-state index is 10.8. The van der Waals surface area contributed by atoms with Crippen LogP contribution in [-0.2, 0) is 4.79 Å². The van der Waals surface area contributed by atoms with Crippen LogP contribution in [-0.4, -0.2) is 17.6 Å². The molecular formula is C12H16ClNO2. The summed E-state index contributed by atoms with van der Waals surface area (Å²) >= 11 is 5.87. The highest BCUT2D eigenvalue weighted by molar-refractivity contribution is 6.30. The number of aliphatic carboxylic acids is 1.